The molecule has 0 aromatic heterocycles. The molecule has 1 atom stereocenters. The van der Waals surface area contributed by atoms with E-state index in [9.17, 15) is 5.11 Å². The number of allylic oxidation sites excluding steroid dienone is 1. The predicted octanol–water partition coefficient (Wildman–Crippen LogP) is 2.88. The first-order valence-electron chi connectivity index (χ1n) is 5.27. The summed E-state index contributed by atoms with van der Waals surface area (Å²) >= 11 is 0. The van der Waals surface area contributed by atoms with Gasteiger partial charge in [-0.05, 0) is 24.8 Å². The lowest BCUT2D eigenvalue weighted by molar-refractivity contribution is -0.112. The SMILES string of the molecule is C=CCCCC(O)OCc1ccccc1. The lowest BCUT2D eigenvalue weighted by Gasteiger charge is -2.11. The van der Waals surface area contributed by atoms with Gasteiger partial charge < -0.3 is 9.84 Å². The fourth-order valence-corrected chi connectivity index (χ4v) is 1.29. The second-order valence-electron chi connectivity index (χ2n) is 3.47. The number of hydrogen-bond acceptors (Lipinski definition) is 2. The third kappa shape index (κ3) is 5.35. The van der Waals surface area contributed by atoms with Crippen LogP contribution in [-0.2, 0) is 11.3 Å². The van der Waals surface area contributed by atoms with E-state index in [0.717, 1.165) is 18.4 Å². The number of rotatable bonds is 7. The van der Waals surface area contributed by atoms with E-state index in [-0.39, 0.29) is 0 Å². The maximum Gasteiger partial charge on any atom is 0.154 e. The molecule has 0 amide bonds. The minimum absolute atomic E-state index is 0.468. The number of hydrogen-bond donors (Lipinski definition) is 1. The Hall–Kier alpha value is -1.12. The lowest BCUT2D eigenvalue weighted by atomic mass is 10.2. The second kappa shape index (κ2) is 7.21. The van der Waals surface area contributed by atoms with Crippen molar-refractivity contribution < 1.29 is 9.84 Å². The monoisotopic (exact) mass is 206 g/mol. The van der Waals surface area contributed by atoms with Gasteiger partial charge in [0.15, 0.2) is 6.29 Å². The summed E-state index contributed by atoms with van der Waals surface area (Å²) in [6, 6.07) is 9.85. The number of unbranched alkanes of at least 4 members (excludes halogenated alkanes) is 1. The van der Waals surface area contributed by atoms with Gasteiger partial charge in [0.2, 0.25) is 0 Å². The van der Waals surface area contributed by atoms with Crippen LogP contribution in [0.25, 0.3) is 0 Å². The molecule has 0 bridgehead atoms. The van der Waals surface area contributed by atoms with Gasteiger partial charge in [0.25, 0.3) is 0 Å². The van der Waals surface area contributed by atoms with E-state index in [1.807, 2.05) is 36.4 Å². The van der Waals surface area contributed by atoms with E-state index in [4.69, 9.17) is 4.74 Å². The average molecular weight is 206 g/mol. The molecule has 15 heavy (non-hydrogen) atoms. The van der Waals surface area contributed by atoms with Gasteiger partial charge in [-0.2, -0.15) is 0 Å². The van der Waals surface area contributed by atoms with E-state index >= 15 is 0 Å². The summed E-state index contributed by atoms with van der Waals surface area (Å²) in [6.07, 6.45) is 3.69. The van der Waals surface area contributed by atoms with Crippen LogP contribution in [0.2, 0.25) is 0 Å². The van der Waals surface area contributed by atoms with Crippen LogP contribution < -0.4 is 0 Å². The summed E-state index contributed by atoms with van der Waals surface area (Å²) in [7, 11) is 0. The topological polar surface area (TPSA) is 29.5 Å². The van der Waals surface area contributed by atoms with E-state index in [1.165, 1.54) is 0 Å². The molecule has 1 N–H and O–H groups in total. The molecule has 2 nitrogen and oxygen atoms in total. The molecule has 0 radical (unpaired) electrons. The molecule has 1 aromatic carbocycles. The molecule has 0 saturated heterocycles. The molecule has 0 fully saturated rings. The summed E-state index contributed by atoms with van der Waals surface area (Å²) < 4.78 is 5.30. The third-order valence-corrected chi connectivity index (χ3v) is 2.14. The minimum atomic E-state index is -0.662. The van der Waals surface area contributed by atoms with Crippen LogP contribution in [0.4, 0.5) is 0 Å². The molecule has 1 rings (SSSR count). The largest absolute Gasteiger partial charge is 0.368 e. The quantitative estimate of drug-likeness (QED) is 0.422. The van der Waals surface area contributed by atoms with Crippen molar-refractivity contribution in [3.05, 3.63) is 48.6 Å². The van der Waals surface area contributed by atoms with Crippen LogP contribution in [0, 0.1) is 0 Å². The molecular weight excluding hydrogens is 188 g/mol. The molecule has 0 aliphatic rings. The predicted molar refractivity (Wildman–Crippen MR) is 61.3 cm³/mol. The standard InChI is InChI=1S/C13H18O2/c1-2-3-5-10-13(14)15-11-12-8-6-4-7-9-12/h2,4,6-9,13-14H,1,3,5,10-11H2. The van der Waals surface area contributed by atoms with E-state index in [1.54, 1.807) is 0 Å². The van der Waals surface area contributed by atoms with Gasteiger partial charge in [-0.1, -0.05) is 36.4 Å². The van der Waals surface area contributed by atoms with Crippen molar-refractivity contribution in [2.24, 2.45) is 0 Å². The van der Waals surface area contributed by atoms with Gasteiger partial charge in [-0.15, -0.1) is 6.58 Å². The summed E-state index contributed by atoms with van der Waals surface area (Å²) in [5.74, 6) is 0. The number of ether oxygens (including phenoxy) is 1. The van der Waals surface area contributed by atoms with Crippen molar-refractivity contribution in [1.82, 2.24) is 0 Å². The fraction of sp³-hybridized carbons (Fsp3) is 0.385. The first-order valence-corrected chi connectivity index (χ1v) is 5.27. The molecule has 0 aliphatic carbocycles. The van der Waals surface area contributed by atoms with Crippen molar-refractivity contribution in [2.45, 2.75) is 32.2 Å². The molecule has 0 heterocycles. The zero-order valence-electron chi connectivity index (χ0n) is 8.93. The van der Waals surface area contributed by atoms with Crippen molar-refractivity contribution in [3.8, 4) is 0 Å². The van der Waals surface area contributed by atoms with E-state index < -0.39 is 6.29 Å². The average Bonchev–Trinajstić information content (AvgIpc) is 2.28. The van der Waals surface area contributed by atoms with Crippen LogP contribution in [-0.4, -0.2) is 11.4 Å². The van der Waals surface area contributed by atoms with Gasteiger partial charge in [0.05, 0.1) is 6.61 Å². The number of aliphatic hydroxyl groups is 1. The highest BCUT2D eigenvalue weighted by Crippen LogP contribution is 2.07. The van der Waals surface area contributed by atoms with Gasteiger partial charge >= 0.3 is 0 Å². The van der Waals surface area contributed by atoms with Crippen LogP contribution >= 0.6 is 0 Å². The first kappa shape index (κ1) is 12.0. The Balaban J connectivity index is 2.16. The molecular formula is C13H18O2. The molecule has 0 saturated carbocycles. The van der Waals surface area contributed by atoms with E-state index in [2.05, 4.69) is 6.58 Å². The number of benzene rings is 1. The Kier molecular flexibility index (Phi) is 5.74. The minimum Gasteiger partial charge on any atom is -0.368 e. The highest BCUT2D eigenvalue weighted by molar-refractivity contribution is 5.13. The van der Waals surface area contributed by atoms with Crippen molar-refractivity contribution >= 4 is 0 Å². The van der Waals surface area contributed by atoms with Gasteiger partial charge in [0, 0.05) is 0 Å². The summed E-state index contributed by atoms with van der Waals surface area (Å²) in [5.41, 5.74) is 1.08. The van der Waals surface area contributed by atoms with Gasteiger partial charge in [0.1, 0.15) is 0 Å². The Morgan fingerprint density at radius 3 is 2.73 bits per heavy atom. The normalized spacial score (nSPS) is 12.3. The maximum atomic E-state index is 9.48. The Morgan fingerprint density at radius 2 is 2.07 bits per heavy atom. The summed E-state index contributed by atoms with van der Waals surface area (Å²) in [4.78, 5) is 0. The molecule has 1 aromatic rings. The third-order valence-electron chi connectivity index (χ3n) is 2.14. The maximum absolute atomic E-state index is 9.48. The van der Waals surface area contributed by atoms with Crippen molar-refractivity contribution in [2.75, 3.05) is 0 Å². The number of aliphatic hydroxyl groups excluding tert-OH is 1. The first-order chi connectivity index (χ1) is 7.33. The fourth-order valence-electron chi connectivity index (χ4n) is 1.29. The Labute approximate surface area is 91.2 Å². The van der Waals surface area contributed by atoms with Crippen LogP contribution in [0.15, 0.2) is 43.0 Å². The molecule has 2 heteroatoms. The van der Waals surface area contributed by atoms with Crippen molar-refractivity contribution in [3.63, 3.8) is 0 Å². The van der Waals surface area contributed by atoms with Crippen LogP contribution in [0.5, 0.6) is 0 Å². The summed E-state index contributed by atoms with van der Waals surface area (Å²) in [5, 5.41) is 9.48. The van der Waals surface area contributed by atoms with Gasteiger partial charge in [-0.25, -0.2) is 0 Å². The highest BCUT2D eigenvalue weighted by Gasteiger charge is 2.03. The smallest absolute Gasteiger partial charge is 0.154 e. The highest BCUT2D eigenvalue weighted by atomic mass is 16.6. The van der Waals surface area contributed by atoms with E-state index in [0.29, 0.717) is 13.0 Å². The van der Waals surface area contributed by atoms with Crippen molar-refractivity contribution in [1.29, 1.82) is 0 Å². The second-order valence-corrected chi connectivity index (χ2v) is 3.47. The molecule has 0 aliphatic heterocycles. The molecule has 0 spiro atoms. The summed E-state index contributed by atoms with van der Waals surface area (Å²) in [6.45, 7) is 4.10. The van der Waals surface area contributed by atoms with Crippen LogP contribution in [0.1, 0.15) is 24.8 Å². The van der Waals surface area contributed by atoms with Gasteiger partial charge in [-0.3, -0.25) is 0 Å². The Morgan fingerprint density at radius 1 is 1.33 bits per heavy atom. The lowest BCUT2D eigenvalue weighted by Crippen LogP contribution is -2.11. The molecule has 1 unspecified atom stereocenters. The zero-order valence-corrected chi connectivity index (χ0v) is 8.93. The van der Waals surface area contributed by atoms with Crippen LogP contribution in [0.3, 0.4) is 0 Å². The molecule has 82 valence electrons. The zero-order chi connectivity index (χ0) is 10.9. The Bertz CT molecular complexity index is 269.